The van der Waals surface area contributed by atoms with Gasteiger partial charge in [-0.15, -0.1) is 0 Å². The number of nitrogens with zero attached hydrogens (tertiary/aromatic N) is 2. The number of imidazole rings is 1. The monoisotopic (exact) mass is 279 g/mol. The van der Waals surface area contributed by atoms with Crippen LogP contribution in [-0.2, 0) is 0 Å². The first-order valence-electron chi connectivity index (χ1n) is 6.52. The van der Waals surface area contributed by atoms with E-state index in [0.29, 0.717) is 5.92 Å². The lowest BCUT2D eigenvalue weighted by Gasteiger charge is -2.13. The Bertz CT molecular complexity index is 562. The summed E-state index contributed by atoms with van der Waals surface area (Å²) in [4.78, 5) is 4.20. The number of halogens is 2. The van der Waals surface area contributed by atoms with E-state index in [2.05, 4.69) is 15.0 Å². The van der Waals surface area contributed by atoms with Gasteiger partial charge in [0.25, 0.3) is 0 Å². The number of ether oxygens (including phenoxy) is 1. The summed E-state index contributed by atoms with van der Waals surface area (Å²) in [5.41, 5.74) is 2.03. The molecular weight excluding hydrogens is 264 g/mol. The van der Waals surface area contributed by atoms with Gasteiger partial charge in [0, 0.05) is 30.0 Å². The van der Waals surface area contributed by atoms with Crippen molar-refractivity contribution in [3.8, 4) is 11.4 Å². The molecule has 1 aromatic heterocycles. The van der Waals surface area contributed by atoms with Crippen LogP contribution in [0.5, 0.6) is 5.75 Å². The summed E-state index contributed by atoms with van der Waals surface area (Å²) in [6.45, 7) is -0.843. The normalized spacial score (nSPS) is 18.6. The molecule has 2 aromatic rings. The Morgan fingerprint density at radius 1 is 1.30 bits per heavy atom. The van der Waals surface area contributed by atoms with Crippen LogP contribution >= 0.6 is 0 Å². The molecule has 1 saturated heterocycles. The fourth-order valence-electron chi connectivity index (χ4n) is 2.52. The number of aromatic nitrogens is 2. The first-order chi connectivity index (χ1) is 9.74. The lowest BCUT2D eigenvalue weighted by Crippen LogP contribution is -2.10. The predicted octanol–water partition coefficient (Wildman–Crippen LogP) is 2.55. The van der Waals surface area contributed by atoms with E-state index in [1.54, 1.807) is 18.5 Å². The molecule has 1 aliphatic heterocycles. The highest BCUT2D eigenvalue weighted by Crippen LogP contribution is 2.25. The van der Waals surface area contributed by atoms with Crippen molar-refractivity contribution >= 4 is 0 Å². The van der Waals surface area contributed by atoms with Gasteiger partial charge in [0.05, 0.1) is 6.33 Å². The molecule has 1 fully saturated rings. The summed E-state index contributed by atoms with van der Waals surface area (Å²) in [6, 6.07) is 6.59. The van der Waals surface area contributed by atoms with E-state index in [1.807, 2.05) is 10.8 Å². The summed E-state index contributed by atoms with van der Waals surface area (Å²) >= 11 is 0. The van der Waals surface area contributed by atoms with Crippen molar-refractivity contribution < 1.29 is 13.5 Å². The lowest BCUT2D eigenvalue weighted by molar-refractivity contribution is -0.0498. The van der Waals surface area contributed by atoms with E-state index in [-0.39, 0.29) is 5.75 Å². The summed E-state index contributed by atoms with van der Waals surface area (Å²) in [5.74, 6) is 0.599. The SMILES string of the molecule is FC(F)Oc1ccc(-n2cncc2C2CCNC2)cc1. The fraction of sp³-hybridized carbons (Fsp3) is 0.357. The second kappa shape index (κ2) is 5.58. The first-order valence-corrected chi connectivity index (χ1v) is 6.52. The van der Waals surface area contributed by atoms with E-state index < -0.39 is 6.61 Å². The highest BCUT2D eigenvalue weighted by Gasteiger charge is 2.20. The minimum atomic E-state index is -2.80. The smallest absolute Gasteiger partial charge is 0.387 e. The molecule has 1 N–H and O–H groups in total. The molecule has 0 saturated carbocycles. The van der Waals surface area contributed by atoms with Crippen LogP contribution in [0.15, 0.2) is 36.8 Å². The Balaban J connectivity index is 1.84. The average Bonchev–Trinajstić information content (AvgIpc) is 3.09. The van der Waals surface area contributed by atoms with Gasteiger partial charge < -0.3 is 14.6 Å². The van der Waals surface area contributed by atoms with Gasteiger partial charge >= 0.3 is 6.61 Å². The van der Waals surface area contributed by atoms with Crippen molar-refractivity contribution in [3.63, 3.8) is 0 Å². The molecule has 0 aliphatic carbocycles. The fourth-order valence-corrected chi connectivity index (χ4v) is 2.52. The minimum absolute atomic E-state index is 0.160. The van der Waals surface area contributed by atoms with Crippen LogP contribution < -0.4 is 10.1 Å². The molecule has 1 unspecified atom stereocenters. The zero-order valence-corrected chi connectivity index (χ0v) is 10.8. The molecule has 0 spiro atoms. The van der Waals surface area contributed by atoms with Crippen molar-refractivity contribution in [1.82, 2.24) is 14.9 Å². The molecule has 20 heavy (non-hydrogen) atoms. The Kier molecular flexibility index (Phi) is 3.64. The van der Waals surface area contributed by atoms with Crippen LogP contribution in [0.4, 0.5) is 8.78 Å². The second-order valence-corrected chi connectivity index (χ2v) is 4.75. The van der Waals surface area contributed by atoms with Crippen LogP contribution in [-0.4, -0.2) is 29.3 Å². The standard InChI is InChI=1S/C14H15F2N3O/c15-14(16)20-12-3-1-11(2-4-12)19-9-18-8-13(19)10-5-6-17-7-10/h1-4,8-10,14,17H,5-7H2. The number of alkyl halides is 2. The number of rotatable bonds is 4. The summed E-state index contributed by atoms with van der Waals surface area (Å²) < 4.78 is 30.6. The Hall–Kier alpha value is -1.95. The van der Waals surface area contributed by atoms with Gasteiger partial charge in [-0.3, -0.25) is 0 Å². The van der Waals surface area contributed by atoms with Crippen molar-refractivity contribution in [1.29, 1.82) is 0 Å². The van der Waals surface area contributed by atoms with E-state index >= 15 is 0 Å². The molecule has 3 rings (SSSR count). The molecule has 6 heteroatoms. The van der Waals surface area contributed by atoms with E-state index in [1.165, 1.54) is 12.1 Å². The third kappa shape index (κ3) is 2.65. The molecule has 0 amide bonds. The second-order valence-electron chi connectivity index (χ2n) is 4.75. The van der Waals surface area contributed by atoms with Crippen LogP contribution in [0.1, 0.15) is 18.0 Å². The molecule has 106 valence electrons. The third-order valence-electron chi connectivity index (χ3n) is 3.49. The molecule has 0 radical (unpaired) electrons. The molecule has 1 aliphatic rings. The molecular formula is C14H15F2N3O. The maximum atomic E-state index is 12.1. The van der Waals surface area contributed by atoms with Gasteiger partial charge in [0.15, 0.2) is 0 Å². The maximum Gasteiger partial charge on any atom is 0.387 e. The average molecular weight is 279 g/mol. The Morgan fingerprint density at radius 3 is 2.75 bits per heavy atom. The quantitative estimate of drug-likeness (QED) is 0.935. The van der Waals surface area contributed by atoms with Crippen LogP contribution in [0, 0.1) is 0 Å². The minimum Gasteiger partial charge on any atom is -0.435 e. The number of hydrogen-bond acceptors (Lipinski definition) is 3. The Morgan fingerprint density at radius 2 is 2.10 bits per heavy atom. The summed E-state index contributed by atoms with van der Waals surface area (Å²) in [7, 11) is 0. The maximum absolute atomic E-state index is 12.1. The number of benzene rings is 1. The number of nitrogens with one attached hydrogen (secondary N) is 1. The molecule has 0 bridgehead atoms. The van der Waals surface area contributed by atoms with Crippen molar-refractivity contribution in [2.45, 2.75) is 19.0 Å². The van der Waals surface area contributed by atoms with E-state index in [9.17, 15) is 8.78 Å². The van der Waals surface area contributed by atoms with Crippen LogP contribution in [0.25, 0.3) is 5.69 Å². The third-order valence-corrected chi connectivity index (χ3v) is 3.49. The van der Waals surface area contributed by atoms with Crippen LogP contribution in [0.3, 0.4) is 0 Å². The number of hydrogen-bond donors (Lipinski definition) is 1. The topological polar surface area (TPSA) is 39.1 Å². The molecule has 1 atom stereocenters. The predicted molar refractivity (Wildman–Crippen MR) is 70.4 cm³/mol. The largest absolute Gasteiger partial charge is 0.435 e. The molecule has 2 heterocycles. The molecule has 4 nitrogen and oxygen atoms in total. The van der Waals surface area contributed by atoms with Gasteiger partial charge in [0.1, 0.15) is 5.75 Å². The first kappa shape index (κ1) is 13.1. The van der Waals surface area contributed by atoms with Gasteiger partial charge in [0.2, 0.25) is 0 Å². The highest BCUT2D eigenvalue weighted by molar-refractivity contribution is 5.39. The van der Waals surface area contributed by atoms with Gasteiger partial charge in [-0.05, 0) is 37.2 Å². The molecule has 1 aromatic carbocycles. The Labute approximate surface area is 115 Å². The summed E-state index contributed by atoms with van der Waals surface area (Å²) in [6.07, 6.45) is 4.69. The lowest BCUT2D eigenvalue weighted by atomic mass is 10.1. The van der Waals surface area contributed by atoms with Crippen molar-refractivity contribution in [2.75, 3.05) is 13.1 Å². The van der Waals surface area contributed by atoms with E-state index in [0.717, 1.165) is 30.9 Å². The van der Waals surface area contributed by atoms with Gasteiger partial charge in [-0.25, -0.2) is 4.98 Å². The van der Waals surface area contributed by atoms with Gasteiger partial charge in [-0.1, -0.05) is 0 Å². The van der Waals surface area contributed by atoms with Gasteiger partial charge in [-0.2, -0.15) is 8.78 Å². The zero-order chi connectivity index (χ0) is 13.9. The van der Waals surface area contributed by atoms with Crippen LogP contribution in [0.2, 0.25) is 0 Å². The zero-order valence-electron chi connectivity index (χ0n) is 10.8. The summed E-state index contributed by atoms with van der Waals surface area (Å²) in [5, 5.41) is 3.33. The van der Waals surface area contributed by atoms with Crippen molar-refractivity contribution in [2.24, 2.45) is 0 Å². The van der Waals surface area contributed by atoms with Crippen molar-refractivity contribution in [3.05, 3.63) is 42.5 Å². The van der Waals surface area contributed by atoms with E-state index in [4.69, 9.17) is 0 Å². The highest BCUT2D eigenvalue weighted by atomic mass is 19.3.